The summed E-state index contributed by atoms with van der Waals surface area (Å²) in [6, 6.07) is 11.1. The van der Waals surface area contributed by atoms with E-state index in [-0.39, 0.29) is 6.04 Å². The number of hydrogen-bond acceptors (Lipinski definition) is 4. The second-order valence-electron chi connectivity index (χ2n) is 4.22. The van der Waals surface area contributed by atoms with E-state index >= 15 is 0 Å². The Kier molecular flexibility index (Phi) is 4.36. The topological polar surface area (TPSA) is 57.4 Å². The monoisotopic (exact) mass is 258 g/mol. The van der Waals surface area contributed by atoms with Crippen LogP contribution in [0.15, 0.2) is 42.6 Å². The predicted octanol–water partition coefficient (Wildman–Crippen LogP) is 3.29. The Morgan fingerprint density at radius 3 is 2.47 bits per heavy atom. The van der Waals surface area contributed by atoms with Gasteiger partial charge in [-0.3, -0.25) is 0 Å². The Labute approximate surface area is 113 Å². The molecule has 0 aliphatic rings. The van der Waals surface area contributed by atoms with Crippen molar-refractivity contribution in [1.29, 1.82) is 0 Å². The third-order valence-corrected chi connectivity index (χ3v) is 2.64. The predicted molar refractivity (Wildman–Crippen MR) is 74.5 cm³/mol. The van der Waals surface area contributed by atoms with Crippen molar-refractivity contribution in [2.75, 3.05) is 6.61 Å². The van der Waals surface area contributed by atoms with E-state index in [0.717, 1.165) is 17.1 Å². The molecule has 4 nitrogen and oxygen atoms in total. The molecule has 0 radical (unpaired) electrons. The molecule has 0 saturated heterocycles. The number of ether oxygens (including phenoxy) is 2. The molecule has 1 aromatic carbocycles. The van der Waals surface area contributed by atoms with E-state index in [2.05, 4.69) is 4.98 Å². The summed E-state index contributed by atoms with van der Waals surface area (Å²) in [5.41, 5.74) is 6.83. The van der Waals surface area contributed by atoms with Crippen LogP contribution in [0.5, 0.6) is 17.4 Å². The minimum Gasteiger partial charge on any atom is -0.494 e. The van der Waals surface area contributed by atoms with Crippen LogP contribution in [0, 0.1) is 0 Å². The van der Waals surface area contributed by atoms with Crippen LogP contribution in [0.25, 0.3) is 0 Å². The van der Waals surface area contributed by atoms with Gasteiger partial charge in [0.25, 0.3) is 0 Å². The average molecular weight is 258 g/mol. The van der Waals surface area contributed by atoms with Crippen molar-refractivity contribution in [3.05, 3.63) is 48.2 Å². The molecule has 2 aromatic rings. The van der Waals surface area contributed by atoms with Gasteiger partial charge in [0, 0.05) is 18.3 Å². The van der Waals surface area contributed by atoms with E-state index in [1.54, 1.807) is 6.20 Å². The molecular weight excluding hydrogens is 240 g/mol. The standard InChI is InChI=1S/C15H18N2O2/c1-3-18-13-4-6-14(7-5-13)19-15-10-12(11(2)16)8-9-17-15/h4-11H,3,16H2,1-2H3. The fourth-order valence-corrected chi connectivity index (χ4v) is 1.66. The number of nitrogens with zero attached hydrogens (tertiary/aromatic N) is 1. The summed E-state index contributed by atoms with van der Waals surface area (Å²) in [5, 5.41) is 0. The molecule has 4 heteroatoms. The van der Waals surface area contributed by atoms with Gasteiger partial charge in [0.15, 0.2) is 0 Å². The van der Waals surface area contributed by atoms with Crippen LogP contribution < -0.4 is 15.2 Å². The van der Waals surface area contributed by atoms with Crippen molar-refractivity contribution in [2.45, 2.75) is 19.9 Å². The van der Waals surface area contributed by atoms with Gasteiger partial charge < -0.3 is 15.2 Å². The maximum atomic E-state index is 5.83. The zero-order chi connectivity index (χ0) is 13.7. The molecule has 19 heavy (non-hydrogen) atoms. The molecule has 0 amide bonds. The minimum atomic E-state index is -0.0364. The molecule has 1 atom stereocenters. The summed E-state index contributed by atoms with van der Waals surface area (Å²) in [6.07, 6.45) is 1.70. The smallest absolute Gasteiger partial charge is 0.219 e. The molecule has 1 unspecified atom stereocenters. The van der Waals surface area contributed by atoms with E-state index in [9.17, 15) is 0 Å². The lowest BCUT2D eigenvalue weighted by atomic mass is 10.1. The average Bonchev–Trinajstić information content (AvgIpc) is 2.42. The third-order valence-electron chi connectivity index (χ3n) is 2.64. The first-order chi connectivity index (χ1) is 9.19. The number of nitrogens with two attached hydrogens (primary N) is 1. The number of aromatic nitrogens is 1. The Bertz CT molecular complexity index is 524. The van der Waals surface area contributed by atoms with Crippen molar-refractivity contribution in [1.82, 2.24) is 4.98 Å². The van der Waals surface area contributed by atoms with Crippen molar-refractivity contribution >= 4 is 0 Å². The molecule has 1 aromatic heterocycles. The van der Waals surface area contributed by atoms with Gasteiger partial charge in [0.05, 0.1) is 6.61 Å². The van der Waals surface area contributed by atoms with Crippen LogP contribution >= 0.6 is 0 Å². The summed E-state index contributed by atoms with van der Waals surface area (Å²) >= 11 is 0. The summed E-state index contributed by atoms with van der Waals surface area (Å²) in [5.74, 6) is 2.09. The summed E-state index contributed by atoms with van der Waals surface area (Å²) in [6.45, 7) is 4.53. The number of benzene rings is 1. The van der Waals surface area contributed by atoms with Crippen LogP contribution in [-0.2, 0) is 0 Å². The lowest BCUT2D eigenvalue weighted by molar-refractivity contribution is 0.339. The van der Waals surface area contributed by atoms with Crippen molar-refractivity contribution in [3.63, 3.8) is 0 Å². The Morgan fingerprint density at radius 1 is 1.16 bits per heavy atom. The maximum absolute atomic E-state index is 5.83. The molecule has 0 aliphatic heterocycles. The maximum Gasteiger partial charge on any atom is 0.219 e. The molecule has 2 rings (SSSR count). The highest BCUT2D eigenvalue weighted by atomic mass is 16.5. The van der Waals surface area contributed by atoms with Gasteiger partial charge >= 0.3 is 0 Å². The quantitative estimate of drug-likeness (QED) is 0.894. The van der Waals surface area contributed by atoms with E-state index in [1.807, 2.05) is 50.2 Å². The Hall–Kier alpha value is -2.07. The Balaban J connectivity index is 2.10. The normalized spacial score (nSPS) is 11.9. The number of hydrogen-bond donors (Lipinski definition) is 1. The highest BCUT2D eigenvalue weighted by Gasteiger charge is 2.04. The largest absolute Gasteiger partial charge is 0.494 e. The SMILES string of the molecule is CCOc1ccc(Oc2cc(C(C)N)ccn2)cc1. The number of rotatable bonds is 5. The fourth-order valence-electron chi connectivity index (χ4n) is 1.66. The summed E-state index contributed by atoms with van der Waals surface area (Å²) in [4.78, 5) is 4.17. The molecular formula is C15H18N2O2. The van der Waals surface area contributed by atoms with Crippen molar-refractivity contribution in [2.24, 2.45) is 5.73 Å². The first kappa shape index (κ1) is 13.4. The molecule has 0 aliphatic carbocycles. The second kappa shape index (κ2) is 6.20. The molecule has 1 heterocycles. The van der Waals surface area contributed by atoms with E-state index < -0.39 is 0 Å². The lowest BCUT2D eigenvalue weighted by Crippen LogP contribution is -2.05. The lowest BCUT2D eigenvalue weighted by Gasteiger charge is -2.09. The molecule has 0 bridgehead atoms. The molecule has 0 fully saturated rings. The second-order valence-corrected chi connectivity index (χ2v) is 4.22. The first-order valence-electron chi connectivity index (χ1n) is 6.31. The molecule has 2 N–H and O–H groups in total. The van der Waals surface area contributed by atoms with Crippen molar-refractivity contribution < 1.29 is 9.47 Å². The zero-order valence-corrected chi connectivity index (χ0v) is 11.2. The summed E-state index contributed by atoms with van der Waals surface area (Å²) < 4.78 is 11.1. The van der Waals surface area contributed by atoms with Crippen LogP contribution in [-0.4, -0.2) is 11.6 Å². The highest BCUT2D eigenvalue weighted by molar-refractivity contribution is 5.34. The zero-order valence-electron chi connectivity index (χ0n) is 11.2. The minimum absolute atomic E-state index is 0.0364. The Morgan fingerprint density at radius 2 is 1.84 bits per heavy atom. The summed E-state index contributed by atoms with van der Waals surface area (Å²) in [7, 11) is 0. The molecule has 0 saturated carbocycles. The number of pyridine rings is 1. The van der Waals surface area contributed by atoms with Gasteiger partial charge in [0.1, 0.15) is 11.5 Å². The highest BCUT2D eigenvalue weighted by Crippen LogP contribution is 2.23. The van der Waals surface area contributed by atoms with Gasteiger partial charge in [-0.1, -0.05) is 0 Å². The van der Waals surface area contributed by atoms with E-state index in [4.69, 9.17) is 15.2 Å². The van der Waals surface area contributed by atoms with E-state index in [0.29, 0.717) is 12.5 Å². The van der Waals surface area contributed by atoms with Gasteiger partial charge in [0.2, 0.25) is 5.88 Å². The molecule has 100 valence electrons. The molecule has 0 spiro atoms. The van der Waals surface area contributed by atoms with Crippen molar-refractivity contribution in [3.8, 4) is 17.4 Å². The van der Waals surface area contributed by atoms with Gasteiger partial charge in [-0.05, 0) is 49.7 Å². The third kappa shape index (κ3) is 3.69. The first-order valence-corrected chi connectivity index (χ1v) is 6.31. The van der Waals surface area contributed by atoms with Crippen LogP contribution in [0.1, 0.15) is 25.5 Å². The van der Waals surface area contributed by atoms with Crippen LogP contribution in [0.4, 0.5) is 0 Å². The fraction of sp³-hybridized carbons (Fsp3) is 0.267. The van der Waals surface area contributed by atoms with Crippen LogP contribution in [0.3, 0.4) is 0 Å². The van der Waals surface area contributed by atoms with Crippen LogP contribution in [0.2, 0.25) is 0 Å². The van der Waals surface area contributed by atoms with Gasteiger partial charge in [-0.15, -0.1) is 0 Å². The van der Waals surface area contributed by atoms with E-state index in [1.165, 1.54) is 0 Å². The van der Waals surface area contributed by atoms with Gasteiger partial charge in [-0.2, -0.15) is 0 Å². The van der Waals surface area contributed by atoms with Gasteiger partial charge in [-0.25, -0.2) is 4.98 Å².